The minimum Gasteiger partial charge on any atom is -0.480 e. The molecule has 1 saturated heterocycles. The van der Waals surface area contributed by atoms with E-state index in [1.165, 1.54) is 0 Å². The van der Waals surface area contributed by atoms with Gasteiger partial charge in [-0.1, -0.05) is 0 Å². The summed E-state index contributed by atoms with van der Waals surface area (Å²) in [4.78, 5) is 41.2. The molecule has 3 N–H and O–H groups in total. The number of likely N-dealkylation sites (N-methyl/N-ethyl adjacent to an activating group) is 1. The highest BCUT2D eigenvalue weighted by Gasteiger charge is 2.32. The molecular weight excluding hydrogens is 442 g/mol. The van der Waals surface area contributed by atoms with Crippen LogP contribution >= 0.6 is 11.3 Å². The number of rotatable bonds is 5. The van der Waals surface area contributed by atoms with Crippen LogP contribution < -0.4 is 5.32 Å². The zero-order valence-electron chi connectivity index (χ0n) is 18.1. The molecule has 0 spiro atoms. The van der Waals surface area contributed by atoms with Crippen LogP contribution in [-0.2, 0) is 11.2 Å². The van der Waals surface area contributed by atoms with Crippen molar-refractivity contribution in [2.45, 2.75) is 6.42 Å². The number of thiophene rings is 1. The predicted octanol–water partition coefficient (Wildman–Crippen LogP) is 1.91. The van der Waals surface area contributed by atoms with Crippen molar-refractivity contribution in [2.75, 3.05) is 39.8 Å². The minimum absolute atomic E-state index is 0.135. The summed E-state index contributed by atoms with van der Waals surface area (Å²) in [5.74, 6) is -1.76. The van der Waals surface area contributed by atoms with Crippen molar-refractivity contribution in [1.82, 2.24) is 25.3 Å². The number of carboxylic acids is 1. The lowest BCUT2D eigenvalue weighted by Crippen LogP contribution is -2.47. The molecule has 2 aliphatic rings. The van der Waals surface area contributed by atoms with Crippen molar-refractivity contribution >= 4 is 29.1 Å². The van der Waals surface area contributed by atoms with Crippen LogP contribution in [-0.4, -0.2) is 82.7 Å². The number of amides is 2. The van der Waals surface area contributed by atoms with E-state index < -0.39 is 18.4 Å². The maximum absolute atomic E-state index is 13.3. The lowest BCUT2D eigenvalue weighted by Gasteiger charge is -2.32. The van der Waals surface area contributed by atoms with Crippen LogP contribution in [0.4, 0.5) is 0 Å². The average molecular weight is 466 g/mol. The molecule has 1 fully saturated rings. The fourth-order valence-electron chi connectivity index (χ4n) is 4.43. The van der Waals surface area contributed by atoms with E-state index in [0.717, 1.165) is 46.7 Å². The van der Waals surface area contributed by atoms with E-state index in [1.807, 2.05) is 29.9 Å². The Morgan fingerprint density at radius 2 is 1.97 bits per heavy atom. The molecule has 0 unspecified atom stereocenters. The highest BCUT2D eigenvalue weighted by molar-refractivity contribution is 7.08. The van der Waals surface area contributed by atoms with Crippen LogP contribution in [0.1, 0.15) is 31.8 Å². The summed E-state index contributed by atoms with van der Waals surface area (Å²) in [5, 5.41) is 23.0. The predicted molar refractivity (Wildman–Crippen MR) is 124 cm³/mol. The van der Waals surface area contributed by atoms with Crippen LogP contribution in [0, 0.1) is 0 Å². The topological polar surface area (TPSA) is 119 Å². The third-order valence-electron chi connectivity index (χ3n) is 6.22. The summed E-state index contributed by atoms with van der Waals surface area (Å²) < 4.78 is 0. The molecule has 9 nitrogen and oxygen atoms in total. The fourth-order valence-corrected chi connectivity index (χ4v) is 5.07. The Morgan fingerprint density at radius 1 is 1.18 bits per heavy atom. The molecule has 33 heavy (non-hydrogen) atoms. The van der Waals surface area contributed by atoms with Crippen LogP contribution in [0.2, 0.25) is 0 Å². The molecule has 10 heteroatoms. The molecule has 2 aromatic heterocycles. The highest BCUT2D eigenvalue weighted by Crippen LogP contribution is 2.42. The molecule has 0 atom stereocenters. The van der Waals surface area contributed by atoms with Crippen molar-refractivity contribution in [1.29, 1.82) is 0 Å². The van der Waals surface area contributed by atoms with Gasteiger partial charge in [-0.3, -0.25) is 19.5 Å². The maximum Gasteiger partial charge on any atom is 0.322 e. The number of hydrogen-bond acceptors (Lipinski definition) is 6. The number of carbonyl (C=O) groups excluding carboxylic acids is 2. The van der Waals surface area contributed by atoms with Crippen molar-refractivity contribution in [3.63, 3.8) is 0 Å². The summed E-state index contributed by atoms with van der Waals surface area (Å²) in [6.45, 7) is 2.32. The molecular formula is C23H23N5O4S. The number of fused-ring (bicyclic) bond motifs is 3. The Balaban J connectivity index is 1.56. The number of hydrogen-bond donors (Lipinski definition) is 3. The van der Waals surface area contributed by atoms with E-state index in [0.29, 0.717) is 30.6 Å². The molecule has 2 amide bonds. The Hall–Kier alpha value is -3.50. The van der Waals surface area contributed by atoms with E-state index in [-0.39, 0.29) is 5.91 Å². The quantitative estimate of drug-likeness (QED) is 0.414. The van der Waals surface area contributed by atoms with Gasteiger partial charge in [0.1, 0.15) is 6.54 Å². The van der Waals surface area contributed by atoms with Gasteiger partial charge in [-0.25, -0.2) is 0 Å². The van der Waals surface area contributed by atoms with Gasteiger partial charge in [0.05, 0.1) is 11.4 Å². The molecule has 3 aromatic rings. The molecule has 0 saturated carbocycles. The molecule has 0 radical (unpaired) electrons. The summed E-state index contributed by atoms with van der Waals surface area (Å²) in [6.07, 6.45) is 0.477. The highest BCUT2D eigenvalue weighted by atomic mass is 32.1. The molecule has 1 aliphatic carbocycles. The molecule has 0 bridgehead atoms. The number of nitrogens with one attached hydrogen (secondary N) is 2. The van der Waals surface area contributed by atoms with Gasteiger partial charge in [0, 0.05) is 65.8 Å². The Labute approximate surface area is 194 Å². The van der Waals surface area contributed by atoms with Gasteiger partial charge in [-0.2, -0.15) is 16.4 Å². The maximum atomic E-state index is 13.3. The van der Waals surface area contributed by atoms with Crippen molar-refractivity contribution < 1.29 is 19.5 Å². The number of aromatic nitrogens is 2. The first-order chi connectivity index (χ1) is 15.9. The average Bonchev–Trinajstić information content (AvgIpc) is 3.53. The molecule has 3 heterocycles. The molecule has 1 aliphatic heterocycles. The van der Waals surface area contributed by atoms with Gasteiger partial charge in [-0.15, -0.1) is 0 Å². The lowest BCUT2D eigenvalue weighted by molar-refractivity contribution is -0.135. The number of nitrogens with zero attached hydrogens (tertiary/aromatic N) is 3. The summed E-state index contributed by atoms with van der Waals surface area (Å²) in [5.41, 5.74) is 5.87. The van der Waals surface area contributed by atoms with Gasteiger partial charge in [0.25, 0.3) is 11.8 Å². The summed E-state index contributed by atoms with van der Waals surface area (Å²) >= 11 is 1.58. The first kappa shape index (κ1) is 21.4. The monoisotopic (exact) mass is 465 g/mol. The Morgan fingerprint density at radius 3 is 2.67 bits per heavy atom. The fraction of sp³-hybridized carbons (Fsp3) is 0.304. The normalized spacial score (nSPS) is 15.2. The van der Waals surface area contributed by atoms with E-state index in [1.54, 1.807) is 22.3 Å². The van der Waals surface area contributed by atoms with E-state index in [4.69, 9.17) is 5.11 Å². The lowest BCUT2D eigenvalue weighted by atomic mass is 9.97. The smallest absolute Gasteiger partial charge is 0.322 e. The second-order valence-corrected chi connectivity index (χ2v) is 9.12. The SMILES string of the molecule is CN1CCN(C(=O)c2cc(C(=O)NCC(=O)O)c3c(c2)-c2[nH]nc(-c4ccsc4)c2C3)CC1. The van der Waals surface area contributed by atoms with Gasteiger partial charge < -0.3 is 20.2 Å². The summed E-state index contributed by atoms with van der Waals surface area (Å²) in [6, 6.07) is 5.42. The number of carbonyl (C=O) groups is 3. The largest absolute Gasteiger partial charge is 0.480 e. The third kappa shape index (κ3) is 3.91. The first-order valence-electron chi connectivity index (χ1n) is 10.7. The Kier molecular flexibility index (Phi) is 5.47. The van der Waals surface area contributed by atoms with Crippen LogP contribution in [0.3, 0.4) is 0 Å². The number of carboxylic acid groups (broad SMARTS) is 1. The number of H-pyrrole nitrogens is 1. The van der Waals surface area contributed by atoms with Crippen LogP contribution in [0.25, 0.3) is 22.5 Å². The van der Waals surface area contributed by atoms with E-state index >= 15 is 0 Å². The van der Waals surface area contributed by atoms with Gasteiger partial charge in [0.2, 0.25) is 0 Å². The summed E-state index contributed by atoms with van der Waals surface area (Å²) in [7, 11) is 2.02. The van der Waals surface area contributed by atoms with Gasteiger partial charge >= 0.3 is 5.97 Å². The standard InChI is InChI=1S/C23H23N5O4S/c1-27-3-5-28(6-4-27)23(32)14-8-16-15(17(9-14)22(31)24-11-19(29)30)10-18-20(25-26-21(16)18)13-2-7-33-12-13/h2,7-9,12H,3-6,10-11H2,1H3,(H,24,31)(H,25,26)(H,29,30). The van der Waals surface area contributed by atoms with Crippen molar-refractivity contribution in [3.8, 4) is 22.5 Å². The van der Waals surface area contributed by atoms with Crippen molar-refractivity contribution in [3.05, 3.63) is 51.2 Å². The molecule has 1 aromatic carbocycles. The van der Waals surface area contributed by atoms with Gasteiger partial charge in [-0.05, 0) is 36.2 Å². The molecule has 5 rings (SSSR count). The number of benzene rings is 1. The molecule has 170 valence electrons. The zero-order valence-corrected chi connectivity index (χ0v) is 18.9. The minimum atomic E-state index is -1.13. The van der Waals surface area contributed by atoms with E-state index in [2.05, 4.69) is 20.4 Å². The second-order valence-electron chi connectivity index (χ2n) is 8.34. The van der Waals surface area contributed by atoms with Gasteiger partial charge in [0.15, 0.2) is 0 Å². The number of piperazine rings is 1. The van der Waals surface area contributed by atoms with Crippen LogP contribution in [0.5, 0.6) is 0 Å². The number of aliphatic carboxylic acids is 1. The second kappa shape index (κ2) is 8.45. The van der Waals surface area contributed by atoms with Crippen LogP contribution in [0.15, 0.2) is 29.0 Å². The van der Waals surface area contributed by atoms with Crippen molar-refractivity contribution in [2.24, 2.45) is 0 Å². The van der Waals surface area contributed by atoms with E-state index in [9.17, 15) is 14.4 Å². The third-order valence-corrected chi connectivity index (χ3v) is 6.90. The Bertz CT molecular complexity index is 1240. The first-order valence-corrected chi connectivity index (χ1v) is 11.6. The number of aromatic amines is 1. The zero-order chi connectivity index (χ0) is 23.1.